The predicted molar refractivity (Wildman–Crippen MR) is 71.0 cm³/mol. The summed E-state index contributed by atoms with van der Waals surface area (Å²) in [5, 5.41) is 2.12. The van der Waals surface area contributed by atoms with E-state index in [1.165, 1.54) is 10.4 Å². The van der Waals surface area contributed by atoms with Crippen LogP contribution >= 0.6 is 11.3 Å². The first-order chi connectivity index (χ1) is 8.19. The van der Waals surface area contributed by atoms with Crippen molar-refractivity contribution in [3.05, 3.63) is 21.9 Å². The second kappa shape index (κ2) is 5.19. The molecule has 2 heterocycles. The minimum Gasteiger partial charge on any atom is -0.335 e. The molecule has 2 unspecified atom stereocenters. The van der Waals surface area contributed by atoms with Gasteiger partial charge in [0.25, 0.3) is 0 Å². The van der Waals surface area contributed by atoms with E-state index in [2.05, 4.69) is 18.4 Å². The molecule has 3 nitrogen and oxygen atoms in total. The van der Waals surface area contributed by atoms with Crippen molar-refractivity contribution in [1.29, 1.82) is 0 Å². The zero-order valence-corrected chi connectivity index (χ0v) is 11.3. The second-order valence-corrected chi connectivity index (χ2v) is 5.60. The van der Waals surface area contributed by atoms with Crippen molar-refractivity contribution in [3.63, 3.8) is 0 Å². The highest BCUT2D eigenvalue weighted by atomic mass is 32.1. The van der Waals surface area contributed by atoms with Gasteiger partial charge in [0.15, 0.2) is 0 Å². The predicted octanol–water partition coefficient (Wildman–Crippen LogP) is 2.18. The number of thiophene rings is 1. The molecular weight excluding hydrogens is 232 g/mol. The Morgan fingerprint density at radius 1 is 1.71 bits per heavy atom. The van der Waals surface area contributed by atoms with Crippen LogP contribution in [-0.2, 0) is 11.2 Å². The number of nitrogens with zero attached hydrogens (tertiary/aromatic N) is 1. The molecule has 0 spiro atoms. The van der Waals surface area contributed by atoms with E-state index in [9.17, 15) is 4.79 Å². The van der Waals surface area contributed by atoms with Gasteiger partial charge < -0.3 is 10.6 Å². The topological polar surface area (TPSA) is 46.3 Å². The molecule has 1 aliphatic heterocycles. The Hall–Kier alpha value is -0.870. The molecule has 0 fully saturated rings. The summed E-state index contributed by atoms with van der Waals surface area (Å²) in [5.74, 6) is 0.206. The summed E-state index contributed by atoms with van der Waals surface area (Å²) in [5.41, 5.74) is 6.99. The maximum absolute atomic E-state index is 12.4. The fourth-order valence-electron chi connectivity index (χ4n) is 2.49. The summed E-state index contributed by atoms with van der Waals surface area (Å²) in [6.45, 7) is 5.44. The lowest BCUT2D eigenvalue weighted by Gasteiger charge is -2.35. The van der Waals surface area contributed by atoms with Crippen molar-refractivity contribution < 1.29 is 4.79 Å². The molecule has 0 aromatic carbocycles. The Bertz CT molecular complexity index is 398. The van der Waals surface area contributed by atoms with Gasteiger partial charge in [-0.2, -0.15) is 0 Å². The standard InChI is InChI=1S/C13H20N2OS/c1-3-10(8-14)13(16)15-6-4-12-11(9(15)2)5-7-17-12/h5,7,9-10H,3-4,6,8,14H2,1-2H3. The van der Waals surface area contributed by atoms with Crippen LogP contribution in [0.3, 0.4) is 0 Å². The lowest BCUT2D eigenvalue weighted by atomic mass is 9.97. The molecule has 1 amide bonds. The van der Waals surface area contributed by atoms with Gasteiger partial charge in [-0.25, -0.2) is 0 Å². The number of carbonyl (C=O) groups excluding carboxylic acids is 1. The quantitative estimate of drug-likeness (QED) is 0.896. The van der Waals surface area contributed by atoms with Gasteiger partial charge in [0.2, 0.25) is 5.91 Å². The van der Waals surface area contributed by atoms with Crippen LogP contribution in [0.5, 0.6) is 0 Å². The first-order valence-corrected chi connectivity index (χ1v) is 7.13. The molecule has 1 aromatic rings. The fourth-order valence-corrected chi connectivity index (χ4v) is 3.45. The van der Waals surface area contributed by atoms with Crippen molar-refractivity contribution in [3.8, 4) is 0 Å². The van der Waals surface area contributed by atoms with E-state index < -0.39 is 0 Å². The van der Waals surface area contributed by atoms with Crippen LogP contribution in [0.15, 0.2) is 11.4 Å². The van der Waals surface area contributed by atoms with Crippen LogP contribution in [0, 0.1) is 5.92 Å². The van der Waals surface area contributed by atoms with Gasteiger partial charge in [-0.3, -0.25) is 4.79 Å². The highest BCUT2D eigenvalue weighted by Gasteiger charge is 2.31. The molecule has 0 radical (unpaired) electrons. The molecule has 0 saturated carbocycles. The maximum Gasteiger partial charge on any atom is 0.227 e. The van der Waals surface area contributed by atoms with E-state index in [1.807, 2.05) is 11.8 Å². The molecule has 0 aliphatic carbocycles. The van der Waals surface area contributed by atoms with E-state index in [4.69, 9.17) is 5.73 Å². The Balaban J connectivity index is 2.17. The van der Waals surface area contributed by atoms with E-state index in [-0.39, 0.29) is 17.9 Å². The first-order valence-electron chi connectivity index (χ1n) is 6.25. The summed E-state index contributed by atoms with van der Waals surface area (Å²) >= 11 is 1.80. The third-order valence-corrected chi connectivity index (χ3v) is 4.68. The summed E-state index contributed by atoms with van der Waals surface area (Å²) in [4.78, 5) is 15.8. The van der Waals surface area contributed by atoms with Crippen molar-refractivity contribution >= 4 is 17.2 Å². The van der Waals surface area contributed by atoms with Gasteiger partial charge in [0, 0.05) is 18.0 Å². The molecule has 4 heteroatoms. The van der Waals surface area contributed by atoms with Crippen LogP contribution in [0.25, 0.3) is 0 Å². The van der Waals surface area contributed by atoms with Crippen LogP contribution in [-0.4, -0.2) is 23.9 Å². The molecule has 1 aliphatic rings. The molecule has 2 rings (SSSR count). The number of hydrogen-bond acceptors (Lipinski definition) is 3. The number of nitrogens with two attached hydrogens (primary N) is 1. The zero-order valence-electron chi connectivity index (χ0n) is 10.5. The maximum atomic E-state index is 12.4. The number of fused-ring (bicyclic) bond motifs is 1. The number of carbonyl (C=O) groups is 1. The molecular formula is C13H20N2OS. The van der Waals surface area contributed by atoms with E-state index in [0.717, 1.165) is 19.4 Å². The van der Waals surface area contributed by atoms with Crippen LogP contribution in [0.4, 0.5) is 0 Å². The highest BCUT2D eigenvalue weighted by Crippen LogP contribution is 2.33. The lowest BCUT2D eigenvalue weighted by Crippen LogP contribution is -2.43. The number of hydrogen-bond donors (Lipinski definition) is 1. The normalized spacial score (nSPS) is 21.1. The second-order valence-electron chi connectivity index (χ2n) is 4.60. The molecule has 0 bridgehead atoms. The summed E-state index contributed by atoms with van der Waals surface area (Å²) in [6, 6.07) is 2.35. The van der Waals surface area contributed by atoms with Gasteiger partial charge in [0.1, 0.15) is 0 Å². The molecule has 2 N–H and O–H groups in total. The van der Waals surface area contributed by atoms with Crippen molar-refractivity contribution in [2.24, 2.45) is 11.7 Å². The summed E-state index contributed by atoms with van der Waals surface area (Å²) in [7, 11) is 0. The third kappa shape index (κ3) is 2.24. The van der Waals surface area contributed by atoms with Crippen molar-refractivity contribution in [1.82, 2.24) is 4.90 Å². The summed E-state index contributed by atoms with van der Waals surface area (Å²) in [6.07, 6.45) is 1.82. The minimum absolute atomic E-state index is 0.0161. The largest absolute Gasteiger partial charge is 0.335 e. The Kier molecular flexibility index (Phi) is 3.84. The Labute approximate surface area is 107 Å². The fraction of sp³-hybridized carbons (Fsp3) is 0.615. The third-order valence-electron chi connectivity index (χ3n) is 3.69. The van der Waals surface area contributed by atoms with E-state index >= 15 is 0 Å². The monoisotopic (exact) mass is 252 g/mol. The summed E-state index contributed by atoms with van der Waals surface area (Å²) < 4.78 is 0. The van der Waals surface area contributed by atoms with E-state index in [1.54, 1.807) is 11.3 Å². The Morgan fingerprint density at radius 3 is 3.12 bits per heavy atom. The lowest BCUT2D eigenvalue weighted by molar-refractivity contribution is -0.137. The molecule has 94 valence electrons. The zero-order chi connectivity index (χ0) is 12.4. The van der Waals surface area contributed by atoms with Crippen LogP contribution in [0.1, 0.15) is 36.8 Å². The smallest absolute Gasteiger partial charge is 0.227 e. The molecule has 1 aromatic heterocycles. The van der Waals surface area contributed by atoms with Gasteiger partial charge in [-0.1, -0.05) is 6.92 Å². The SMILES string of the molecule is CCC(CN)C(=O)N1CCc2sccc2C1C. The first kappa shape index (κ1) is 12.6. The average molecular weight is 252 g/mol. The van der Waals surface area contributed by atoms with E-state index in [0.29, 0.717) is 6.54 Å². The van der Waals surface area contributed by atoms with Gasteiger partial charge >= 0.3 is 0 Å². The minimum atomic E-state index is -0.0161. The Morgan fingerprint density at radius 2 is 2.47 bits per heavy atom. The highest BCUT2D eigenvalue weighted by molar-refractivity contribution is 7.10. The van der Waals surface area contributed by atoms with Crippen LogP contribution in [0.2, 0.25) is 0 Å². The van der Waals surface area contributed by atoms with Crippen LogP contribution < -0.4 is 5.73 Å². The number of amides is 1. The molecule has 17 heavy (non-hydrogen) atoms. The van der Waals surface area contributed by atoms with Gasteiger partial charge in [0.05, 0.1) is 12.0 Å². The number of rotatable bonds is 3. The molecule has 2 atom stereocenters. The van der Waals surface area contributed by atoms with Gasteiger partial charge in [-0.15, -0.1) is 11.3 Å². The van der Waals surface area contributed by atoms with Crippen molar-refractivity contribution in [2.75, 3.05) is 13.1 Å². The van der Waals surface area contributed by atoms with Crippen molar-refractivity contribution in [2.45, 2.75) is 32.7 Å². The van der Waals surface area contributed by atoms with Gasteiger partial charge in [-0.05, 0) is 36.8 Å². The molecule has 0 saturated heterocycles. The average Bonchev–Trinajstić information content (AvgIpc) is 2.80.